The van der Waals surface area contributed by atoms with Gasteiger partial charge in [0.2, 0.25) is 0 Å². The van der Waals surface area contributed by atoms with Crippen molar-refractivity contribution in [2.75, 3.05) is 6.54 Å². The molecule has 0 aliphatic heterocycles. The van der Waals surface area contributed by atoms with Gasteiger partial charge in [-0.05, 0) is 52.1 Å². The summed E-state index contributed by atoms with van der Waals surface area (Å²) in [4.78, 5) is 0. The molecule has 1 aliphatic rings. The first-order chi connectivity index (χ1) is 7.70. The summed E-state index contributed by atoms with van der Waals surface area (Å²) in [7, 11) is 0. The Morgan fingerprint density at radius 3 is 2.88 bits per heavy atom. The minimum atomic E-state index is 0.603. The zero-order chi connectivity index (χ0) is 11.5. The number of aromatic nitrogens is 2. The second-order valence-electron chi connectivity index (χ2n) is 4.95. The van der Waals surface area contributed by atoms with Gasteiger partial charge in [-0.25, -0.2) is 0 Å². The van der Waals surface area contributed by atoms with Crippen molar-refractivity contribution >= 4 is 0 Å². The minimum Gasteiger partial charge on any atom is -0.314 e. The first-order valence-corrected chi connectivity index (χ1v) is 6.47. The molecule has 1 saturated carbocycles. The van der Waals surface area contributed by atoms with Gasteiger partial charge in [-0.15, -0.1) is 0 Å². The van der Waals surface area contributed by atoms with E-state index in [1.54, 1.807) is 0 Å². The fourth-order valence-electron chi connectivity index (χ4n) is 2.88. The molecule has 16 heavy (non-hydrogen) atoms. The summed E-state index contributed by atoms with van der Waals surface area (Å²) in [6.45, 7) is 7.51. The van der Waals surface area contributed by atoms with Crippen LogP contribution in [0, 0.1) is 13.8 Å². The van der Waals surface area contributed by atoms with Crippen molar-refractivity contribution in [3.05, 3.63) is 17.5 Å². The molecule has 0 radical (unpaired) electrons. The monoisotopic (exact) mass is 221 g/mol. The van der Waals surface area contributed by atoms with Crippen LogP contribution in [-0.4, -0.2) is 22.4 Å². The van der Waals surface area contributed by atoms with Crippen LogP contribution < -0.4 is 5.32 Å². The van der Waals surface area contributed by atoms with Crippen LogP contribution in [0.2, 0.25) is 0 Å². The van der Waals surface area contributed by atoms with E-state index >= 15 is 0 Å². The van der Waals surface area contributed by atoms with Crippen LogP contribution in [0.25, 0.3) is 0 Å². The van der Waals surface area contributed by atoms with Crippen molar-refractivity contribution in [1.82, 2.24) is 15.1 Å². The van der Waals surface area contributed by atoms with Gasteiger partial charge in [0.1, 0.15) is 0 Å². The third kappa shape index (κ3) is 2.46. The summed E-state index contributed by atoms with van der Waals surface area (Å²) < 4.78 is 2.23. The van der Waals surface area contributed by atoms with Gasteiger partial charge in [-0.1, -0.05) is 6.92 Å². The summed E-state index contributed by atoms with van der Waals surface area (Å²) in [6.07, 6.45) is 5.16. The van der Waals surface area contributed by atoms with Gasteiger partial charge in [0.05, 0.1) is 11.7 Å². The van der Waals surface area contributed by atoms with Crippen LogP contribution >= 0.6 is 0 Å². The Bertz CT molecular complexity index is 341. The van der Waals surface area contributed by atoms with Crippen LogP contribution in [0.4, 0.5) is 0 Å². The first kappa shape index (κ1) is 11.6. The highest BCUT2D eigenvalue weighted by atomic mass is 15.3. The van der Waals surface area contributed by atoms with Gasteiger partial charge in [0.25, 0.3) is 0 Å². The number of nitrogens with one attached hydrogen (secondary N) is 1. The maximum absolute atomic E-state index is 4.62. The van der Waals surface area contributed by atoms with E-state index in [0.29, 0.717) is 12.1 Å². The van der Waals surface area contributed by atoms with Gasteiger partial charge in [0, 0.05) is 11.7 Å². The largest absolute Gasteiger partial charge is 0.314 e. The number of nitrogens with zero attached hydrogens (tertiary/aromatic N) is 2. The number of rotatable bonds is 3. The zero-order valence-electron chi connectivity index (χ0n) is 10.7. The van der Waals surface area contributed by atoms with Crippen LogP contribution in [0.15, 0.2) is 6.07 Å². The lowest BCUT2D eigenvalue weighted by atomic mass is 9.91. The van der Waals surface area contributed by atoms with Crippen molar-refractivity contribution in [2.45, 2.75) is 58.5 Å². The summed E-state index contributed by atoms with van der Waals surface area (Å²) in [6, 6.07) is 3.47. The van der Waals surface area contributed by atoms with Crippen molar-refractivity contribution in [2.24, 2.45) is 0 Å². The Labute approximate surface area is 98.2 Å². The van der Waals surface area contributed by atoms with Crippen LogP contribution in [0.1, 0.15) is 50.0 Å². The summed E-state index contributed by atoms with van der Waals surface area (Å²) >= 11 is 0. The van der Waals surface area contributed by atoms with E-state index in [4.69, 9.17) is 0 Å². The second-order valence-corrected chi connectivity index (χ2v) is 4.95. The van der Waals surface area contributed by atoms with E-state index in [1.165, 1.54) is 31.4 Å². The first-order valence-electron chi connectivity index (χ1n) is 6.47. The van der Waals surface area contributed by atoms with Crippen LogP contribution in [0.5, 0.6) is 0 Å². The standard InChI is InChI=1S/C13H23N3/c1-4-14-12-6-5-7-13(9-12)16-11(3)8-10(2)15-16/h8,12-14H,4-7,9H2,1-3H3. The number of hydrogen-bond acceptors (Lipinski definition) is 2. The maximum Gasteiger partial charge on any atom is 0.0596 e. The number of hydrogen-bond donors (Lipinski definition) is 1. The Morgan fingerprint density at radius 1 is 1.44 bits per heavy atom. The fourth-order valence-corrected chi connectivity index (χ4v) is 2.88. The molecule has 1 fully saturated rings. The predicted octanol–water partition coefficient (Wildman–Crippen LogP) is 2.59. The van der Waals surface area contributed by atoms with E-state index < -0.39 is 0 Å². The van der Waals surface area contributed by atoms with Crippen molar-refractivity contribution < 1.29 is 0 Å². The topological polar surface area (TPSA) is 29.9 Å². The molecule has 0 spiro atoms. The van der Waals surface area contributed by atoms with E-state index in [1.807, 2.05) is 0 Å². The SMILES string of the molecule is CCNC1CCCC(n2nc(C)cc2C)C1. The molecule has 0 bridgehead atoms. The molecule has 1 heterocycles. The highest BCUT2D eigenvalue weighted by Gasteiger charge is 2.23. The van der Waals surface area contributed by atoms with E-state index in [-0.39, 0.29) is 0 Å². The van der Waals surface area contributed by atoms with Crippen LogP contribution in [0.3, 0.4) is 0 Å². The Morgan fingerprint density at radius 2 is 2.25 bits per heavy atom. The van der Waals surface area contributed by atoms with E-state index in [0.717, 1.165) is 12.2 Å². The Kier molecular flexibility index (Phi) is 3.64. The van der Waals surface area contributed by atoms with E-state index in [2.05, 4.69) is 41.9 Å². The molecule has 3 heteroatoms. The van der Waals surface area contributed by atoms with Gasteiger partial charge in [-0.3, -0.25) is 4.68 Å². The lowest BCUT2D eigenvalue weighted by Gasteiger charge is -2.30. The molecule has 90 valence electrons. The van der Waals surface area contributed by atoms with Gasteiger partial charge in [-0.2, -0.15) is 5.10 Å². The zero-order valence-corrected chi connectivity index (χ0v) is 10.7. The molecule has 0 saturated heterocycles. The highest BCUT2D eigenvalue weighted by molar-refractivity contribution is 5.08. The van der Waals surface area contributed by atoms with Gasteiger partial charge >= 0.3 is 0 Å². The lowest BCUT2D eigenvalue weighted by Crippen LogP contribution is -2.35. The Hall–Kier alpha value is -0.830. The lowest BCUT2D eigenvalue weighted by molar-refractivity contribution is 0.269. The molecule has 1 N–H and O–H groups in total. The quantitative estimate of drug-likeness (QED) is 0.850. The molecule has 2 atom stereocenters. The molecule has 1 aromatic rings. The van der Waals surface area contributed by atoms with Crippen molar-refractivity contribution in [3.8, 4) is 0 Å². The van der Waals surface area contributed by atoms with Gasteiger partial charge in [0.15, 0.2) is 0 Å². The molecule has 2 unspecified atom stereocenters. The molecule has 2 rings (SSSR count). The normalized spacial score (nSPS) is 25.9. The molecule has 3 nitrogen and oxygen atoms in total. The average Bonchev–Trinajstić information content (AvgIpc) is 2.59. The third-order valence-corrected chi connectivity index (χ3v) is 3.53. The molecule has 0 amide bonds. The molecule has 0 aromatic carbocycles. The van der Waals surface area contributed by atoms with Gasteiger partial charge < -0.3 is 5.32 Å². The smallest absolute Gasteiger partial charge is 0.0596 e. The fraction of sp³-hybridized carbons (Fsp3) is 0.769. The molecular formula is C13H23N3. The molecular weight excluding hydrogens is 198 g/mol. The third-order valence-electron chi connectivity index (χ3n) is 3.53. The highest BCUT2D eigenvalue weighted by Crippen LogP contribution is 2.29. The Balaban J connectivity index is 2.06. The number of aryl methyl sites for hydroxylation is 2. The summed E-state index contributed by atoms with van der Waals surface area (Å²) in [5.41, 5.74) is 2.45. The van der Waals surface area contributed by atoms with Crippen molar-refractivity contribution in [3.63, 3.8) is 0 Å². The summed E-state index contributed by atoms with van der Waals surface area (Å²) in [5.74, 6) is 0. The molecule has 1 aliphatic carbocycles. The van der Waals surface area contributed by atoms with Crippen LogP contribution in [-0.2, 0) is 0 Å². The second kappa shape index (κ2) is 5.00. The van der Waals surface area contributed by atoms with Crippen molar-refractivity contribution in [1.29, 1.82) is 0 Å². The molecule has 1 aromatic heterocycles. The summed E-state index contributed by atoms with van der Waals surface area (Å²) in [5, 5.41) is 8.19. The maximum atomic E-state index is 4.62. The average molecular weight is 221 g/mol. The minimum absolute atomic E-state index is 0.603. The predicted molar refractivity (Wildman–Crippen MR) is 66.7 cm³/mol. The van der Waals surface area contributed by atoms with E-state index in [9.17, 15) is 0 Å².